The maximum atomic E-state index is 12.2. The Labute approximate surface area is 148 Å². The molecule has 1 aromatic rings. The minimum atomic E-state index is -0.285. The van der Waals surface area contributed by atoms with Gasteiger partial charge in [-0.15, -0.1) is 0 Å². The minimum Gasteiger partial charge on any atom is -0.490 e. The second-order valence-electron chi connectivity index (χ2n) is 5.62. The third-order valence-electron chi connectivity index (χ3n) is 3.78. The summed E-state index contributed by atoms with van der Waals surface area (Å²) in [6.45, 7) is 7.42. The monoisotopic (exact) mass is 350 g/mol. The molecule has 1 heterocycles. The van der Waals surface area contributed by atoms with Gasteiger partial charge in [0.1, 0.15) is 0 Å². The van der Waals surface area contributed by atoms with E-state index in [-0.39, 0.29) is 24.9 Å². The largest absolute Gasteiger partial charge is 0.490 e. The molecule has 0 saturated carbocycles. The molecule has 1 N–H and O–H groups in total. The van der Waals surface area contributed by atoms with Crippen LogP contribution in [0.2, 0.25) is 0 Å². The normalized spacial score (nSPS) is 14.1. The van der Waals surface area contributed by atoms with E-state index in [0.717, 1.165) is 18.7 Å². The maximum absolute atomic E-state index is 12.2. The SMILES string of the molecule is CCOC(=O)Cc1ccc(OCC(=O)N2CCNCC2)c(OCC)c1. The number of benzene rings is 1. The first-order chi connectivity index (χ1) is 12.1. The Bertz CT molecular complexity index is 585. The van der Waals surface area contributed by atoms with E-state index in [1.54, 1.807) is 30.0 Å². The Kier molecular flexibility index (Phi) is 7.53. The van der Waals surface area contributed by atoms with E-state index in [4.69, 9.17) is 14.2 Å². The molecule has 0 bridgehead atoms. The third kappa shape index (κ3) is 5.94. The second kappa shape index (κ2) is 9.88. The van der Waals surface area contributed by atoms with Gasteiger partial charge >= 0.3 is 5.97 Å². The molecule has 1 fully saturated rings. The highest BCUT2D eigenvalue weighted by atomic mass is 16.5. The Morgan fingerprint density at radius 3 is 2.52 bits per heavy atom. The first-order valence-electron chi connectivity index (χ1n) is 8.66. The molecule has 0 aromatic heterocycles. The van der Waals surface area contributed by atoms with Crippen molar-refractivity contribution in [2.24, 2.45) is 0 Å². The number of ether oxygens (including phenoxy) is 3. The van der Waals surface area contributed by atoms with Gasteiger partial charge in [0.25, 0.3) is 5.91 Å². The molecule has 0 atom stereocenters. The summed E-state index contributed by atoms with van der Waals surface area (Å²) in [5.74, 6) is 0.697. The molecule has 138 valence electrons. The Balaban J connectivity index is 1.98. The topological polar surface area (TPSA) is 77.1 Å². The first-order valence-corrected chi connectivity index (χ1v) is 8.66. The van der Waals surface area contributed by atoms with Crippen molar-refractivity contribution >= 4 is 11.9 Å². The number of hydrogen-bond acceptors (Lipinski definition) is 6. The lowest BCUT2D eigenvalue weighted by atomic mass is 10.1. The molecule has 1 saturated heterocycles. The van der Waals surface area contributed by atoms with Crippen LogP contribution in [0.25, 0.3) is 0 Å². The molecule has 0 unspecified atom stereocenters. The van der Waals surface area contributed by atoms with Crippen LogP contribution in [0, 0.1) is 0 Å². The van der Waals surface area contributed by atoms with Gasteiger partial charge in [0.05, 0.1) is 19.6 Å². The molecule has 1 aliphatic heterocycles. The number of carbonyl (C=O) groups is 2. The summed E-state index contributed by atoms with van der Waals surface area (Å²) >= 11 is 0. The number of esters is 1. The van der Waals surface area contributed by atoms with Gasteiger partial charge < -0.3 is 24.4 Å². The lowest BCUT2D eigenvalue weighted by Crippen LogP contribution is -2.47. The number of piperazine rings is 1. The molecule has 1 aromatic carbocycles. The zero-order valence-electron chi connectivity index (χ0n) is 14.9. The van der Waals surface area contributed by atoms with Crippen LogP contribution >= 0.6 is 0 Å². The number of carbonyl (C=O) groups excluding carboxylic acids is 2. The Morgan fingerprint density at radius 2 is 1.84 bits per heavy atom. The van der Waals surface area contributed by atoms with E-state index < -0.39 is 0 Å². The molecular weight excluding hydrogens is 324 g/mol. The maximum Gasteiger partial charge on any atom is 0.310 e. The summed E-state index contributed by atoms with van der Waals surface area (Å²) in [6, 6.07) is 5.26. The van der Waals surface area contributed by atoms with Crippen LogP contribution in [0.5, 0.6) is 11.5 Å². The molecule has 25 heavy (non-hydrogen) atoms. The molecule has 7 nitrogen and oxygen atoms in total. The van der Waals surface area contributed by atoms with Crippen molar-refractivity contribution in [3.8, 4) is 11.5 Å². The summed E-state index contributed by atoms with van der Waals surface area (Å²) in [4.78, 5) is 25.6. The smallest absolute Gasteiger partial charge is 0.310 e. The summed E-state index contributed by atoms with van der Waals surface area (Å²) in [7, 11) is 0. The number of hydrogen-bond donors (Lipinski definition) is 1. The van der Waals surface area contributed by atoms with E-state index >= 15 is 0 Å². The van der Waals surface area contributed by atoms with Gasteiger partial charge in [0, 0.05) is 26.2 Å². The van der Waals surface area contributed by atoms with Crippen LogP contribution in [0.15, 0.2) is 18.2 Å². The van der Waals surface area contributed by atoms with Crippen LogP contribution in [0.1, 0.15) is 19.4 Å². The average Bonchev–Trinajstić information content (AvgIpc) is 2.62. The van der Waals surface area contributed by atoms with Crippen LogP contribution in [-0.2, 0) is 20.7 Å². The first kappa shape index (κ1) is 19.1. The van der Waals surface area contributed by atoms with Gasteiger partial charge in [-0.25, -0.2) is 0 Å². The molecule has 0 aliphatic carbocycles. The van der Waals surface area contributed by atoms with E-state index in [0.29, 0.717) is 37.8 Å². The summed E-state index contributed by atoms with van der Waals surface area (Å²) < 4.78 is 16.2. The van der Waals surface area contributed by atoms with Crippen molar-refractivity contribution in [3.05, 3.63) is 23.8 Å². The number of nitrogens with zero attached hydrogens (tertiary/aromatic N) is 1. The zero-order valence-corrected chi connectivity index (χ0v) is 14.9. The van der Waals surface area contributed by atoms with Gasteiger partial charge in [0.15, 0.2) is 18.1 Å². The molecule has 0 radical (unpaired) electrons. The fourth-order valence-electron chi connectivity index (χ4n) is 2.57. The quantitative estimate of drug-likeness (QED) is 0.705. The van der Waals surface area contributed by atoms with Crippen LogP contribution < -0.4 is 14.8 Å². The molecular formula is C18H26N2O5. The molecule has 2 rings (SSSR count). The van der Waals surface area contributed by atoms with Crippen LogP contribution in [0.4, 0.5) is 0 Å². The Hall–Kier alpha value is -2.28. The van der Waals surface area contributed by atoms with E-state index in [1.807, 2.05) is 6.92 Å². The highest BCUT2D eigenvalue weighted by Crippen LogP contribution is 2.29. The summed E-state index contributed by atoms with van der Waals surface area (Å²) in [5, 5.41) is 3.21. The van der Waals surface area contributed by atoms with Crippen LogP contribution in [-0.4, -0.2) is 62.8 Å². The summed E-state index contributed by atoms with van der Waals surface area (Å²) in [6.07, 6.45) is 0.175. The molecule has 7 heteroatoms. The van der Waals surface area contributed by atoms with Crippen molar-refractivity contribution in [3.63, 3.8) is 0 Å². The van der Waals surface area contributed by atoms with Gasteiger partial charge in [-0.05, 0) is 31.5 Å². The van der Waals surface area contributed by atoms with E-state index in [1.165, 1.54) is 0 Å². The Morgan fingerprint density at radius 1 is 1.08 bits per heavy atom. The molecule has 1 amide bonds. The molecule has 1 aliphatic rings. The van der Waals surface area contributed by atoms with Gasteiger partial charge in [-0.1, -0.05) is 6.07 Å². The van der Waals surface area contributed by atoms with Gasteiger partial charge in [-0.2, -0.15) is 0 Å². The number of rotatable bonds is 8. The summed E-state index contributed by atoms with van der Waals surface area (Å²) in [5.41, 5.74) is 0.780. The van der Waals surface area contributed by atoms with Crippen molar-refractivity contribution < 1.29 is 23.8 Å². The van der Waals surface area contributed by atoms with Crippen LogP contribution in [0.3, 0.4) is 0 Å². The third-order valence-corrected chi connectivity index (χ3v) is 3.78. The second-order valence-corrected chi connectivity index (χ2v) is 5.62. The fraction of sp³-hybridized carbons (Fsp3) is 0.556. The van der Waals surface area contributed by atoms with Crippen molar-refractivity contribution in [1.82, 2.24) is 10.2 Å². The van der Waals surface area contributed by atoms with E-state index in [9.17, 15) is 9.59 Å². The minimum absolute atomic E-state index is 0.0305. The van der Waals surface area contributed by atoms with Crippen molar-refractivity contribution in [2.45, 2.75) is 20.3 Å². The number of nitrogens with one attached hydrogen (secondary N) is 1. The predicted molar refractivity (Wildman–Crippen MR) is 92.9 cm³/mol. The predicted octanol–water partition coefficient (Wildman–Crippen LogP) is 1.00. The standard InChI is InChI=1S/C18H26N2O5/c1-3-23-16-11-14(12-18(22)24-4-2)5-6-15(16)25-13-17(21)20-9-7-19-8-10-20/h5-6,11,19H,3-4,7-10,12-13H2,1-2H3. The lowest BCUT2D eigenvalue weighted by Gasteiger charge is -2.27. The highest BCUT2D eigenvalue weighted by Gasteiger charge is 2.17. The highest BCUT2D eigenvalue weighted by molar-refractivity contribution is 5.78. The lowest BCUT2D eigenvalue weighted by molar-refractivity contribution is -0.142. The zero-order chi connectivity index (χ0) is 18.1. The number of amides is 1. The van der Waals surface area contributed by atoms with Crippen molar-refractivity contribution in [1.29, 1.82) is 0 Å². The average molecular weight is 350 g/mol. The van der Waals surface area contributed by atoms with Gasteiger partial charge in [0.2, 0.25) is 0 Å². The fourth-order valence-corrected chi connectivity index (χ4v) is 2.57. The van der Waals surface area contributed by atoms with E-state index in [2.05, 4.69) is 5.32 Å². The van der Waals surface area contributed by atoms with Gasteiger partial charge in [-0.3, -0.25) is 9.59 Å². The van der Waals surface area contributed by atoms with Crippen molar-refractivity contribution in [2.75, 3.05) is 46.0 Å². The molecule has 0 spiro atoms.